The maximum absolute atomic E-state index is 8.99. The second kappa shape index (κ2) is 7.41. The van der Waals surface area contributed by atoms with E-state index in [0.717, 1.165) is 31.5 Å². The van der Waals surface area contributed by atoms with E-state index < -0.39 is 0 Å². The molecule has 0 amide bonds. The lowest BCUT2D eigenvalue weighted by molar-refractivity contribution is 0.255. The number of nitrogens with two attached hydrogens (primary N) is 1. The summed E-state index contributed by atoms with van der Waals surface area (Å²) in [4.78, 5) is 0. The van der Waals surface area contributed by atoms with Gasteiger partial charge in [-0.15, -0.1) is 0 Å². The van der Waals surface area contributed by atoms with E-state index >= 15 is 0 Å². The molecule has 0 radical (unpaired) electrons. The third-order valence-electron chi connectivity index (χ3n) is 2.85. The van der Waals surface area contributed by atoms with Crippen molar-refractivity contribution in [3.63, 3.8) is 0 Å². The topological polar surface area (TPSA) is 58.3 Å². The van der Waals surface area contributed by atoms with Crippen LogP contribution in [0.2, 0.25) is 5.02 Å². The van der Waals surface area contributed by atoms with Crippen molar-refractivity contribution in [1.82, 2.24) is 0 Å². The average molecular weight is 257 g/mol. The molecule has 0 bridgehead atoms. The first-order chi connectivity index (χ1) is 8.19. The SMILES string of the molecule is CCCC(CCO)CNc1c(N)cccc1Cl. The molecular formula is C13H21ClN2O. The van der Waals surface area contributed by atoms with E-state index in [9.17, 15) is 0 Å². The van der Waals surface area contributed by atoms with Gasteiger partial charge in [-0.3, -0.25) is 0 Å². The monoisotopic (exact) mass is 256 g/mol. The van der Waals surface area contributed by atoms with Crippen LogP contribution >= 0.6 is 11.6 Å². The molecule has 1 aromatic rings. The summed E-state index contributed by atoms with van der Waals surface area (Å²) in [6.45, 7) is 3.17. The quantitative estimate of drug-likeness (QED) is 0.657. The zero-order valence-corrected chi connectivity index (χ0v) is 11.0. The van der Waals surface area contributed by atoms with Gasteiger partial charge in [0.05, 0.1) is 16.4 Å². The number of benzene rings is 1. The van der Waals surface area contributed by atoms with Gasteiger partial charge in [0.25, 0.3) is 0 Å². The molecule has 0 aliphatic rings. The third kappa shape index (κ3) is 4.44. The molecule has 17 heavy (non-hydrogen) atoms. The van der Waals surface area contributed by atoms with Crippen LogP contribution in [0.4, 0.5) is 11.4 Å². The van der Waals surface area contributed by atoms with E-state index in [1.165, 1.54) is 0 Å². The van der Waals surface area contributed by atoms with Crippen LogP contribution < -0.4 is 11.1 Å². The number of aliphatic hydroxyl groups excluding tert-OH is 1. The molecule has 0 saturated carbocycles. The van der Waals surface area contributed by atoms with Crippen molar-refractivity contribution in [2.45, 2.75) is 26.2 Å². The fourth-order valence-corrected chi connectivity index (χ4v) is 2.16. The van der Waals surface area contributed by atoms with Gasteiger partial charge >= 0.3 is 0 Å². The van der Waals surface area contributed by atoms with Crippen molar-refractivity contribution in [3.05, 3.63) is 23.2 Å². The molecule has 3 nitrogen and oxygen atoms in total. The number of nitrogens with one attached hydrogen (secondary N) is 1. The Morgan fingerprint density at radius 2 is 2.18 bits per heavy atom. The Kier molecular flexibility index (Phi) is 6.16. The standard InChI is InChI=1S/C13H21ClN2O/c1-2-4-10(7-8-17)9-16-13-11(14)5-3-6-12(13)15/h3,5-6,10,16-17H,2,4,7-9,15H2,1H3. The fourth-order valence-electron chi connectivity index (χ4n) is 1.91. The van der Waals surface area contributed by atoms with Crippen molar-refractivity contribution in [2.24, 2.45) is 5.92 Å². The van der Waals surface area contributed by atoms with Crippen LogP contribution in [0.15, 0.2) is 18.2 Å². The molecule has 96 valence electrons. The lowest BCUT2D eigenvalue weighted by Gasteiger charge is -2.18. The minimum absolute atomic E-state index is 0.227. The molecule has 1 unspecified atom stereocenters. The molecule has 0 aliphatic carbocycles. The Hall–Kier alpha value is -0.930. The molecular weight excluding hydrogens is 236 g/mol. The Morgan fingerprint density at radius 3 is 2.76 bits per heavy atom. The number of aliphatic hydroxyl groups is 1. The molecule has 1 atom stereocenters. The molecule has 0 fully saturated rings. The maximum Gasteiger partial charge on any atom is 0.0763 e. The van der Waals surface area contributed by atoms with E-state index in [1.54, 1.807) is 0 Å². The number of nitrogen functional groups attached to an aromatic ring is 1. The lowest BCUT2D eigenvalue weighted by atomic mass is 10.00. The second-order valence-electron chi connectivity index (χ2n) is 4.25. The van der Waals surface area contributed by atoms with E-state index in [-0.39, 0.29) is 6.61 Å². The molecule has 1 rings (SSSR count). The third-order valence-corrected chi connectivity index (χ3v) is 3.16. The number of para-hydroxylation sites is 1. The predicted octanol–water partition coefficient (Wildman–Crippen LogP) is 3.13. The number of hydrogen-bond donors (Lipinski definition) is 3. The van der Waals surface area contributed by atoms with E-state index in [0.29, 0.717) is 16.6 Å². The van der Waals surface area contributed by atoms with Crippen LogP contribution in [0.5, 0.6) is 0 Å². The van der Waals surface area contributed by atoms with Crippen LogP contribution in [0, 0.1) is 5.92 Å². The van der Waals surface area contributed by atoms with E-state index in [4.69, 9.17) is 22.4 Å². The predicted molar refractivity (Wildman–Crippen MR) is 74.5 cm³/mol. The summed E-state index contributed by atoms with van der Waals surface area (Å²) in [6.07, 6.45) is 3.02. The van der Waals surface area contributed by atoms with Crippen molar-refractivity contribution in [2.75, 3.05) is 24.2 Å². The van der Waals surface area contributed by atoms with Gasteiger partial charge < -0.3 is 16.2 Å². The number of hydrogen-bond acceptors (Lipinski definition) is 3. The van der Waals surface area contributed by atoms with Gasteiger partial charge in [0.1, 0.15) is 0 Å². The number of anilines is 2. The van der Waals surface area contributed by atoms with Gasteiger partial charge in [-0.2, -0.15) is 0 Å². The van der Waals surface area contributed by atoms with Gasteiger partial charge in [0, 0.05) is 13.2 Å². The summed E-state index contributed by atoms with van der Waals surface area (Å²) in [5, 5.41) is 12.9. The molecule has 4 N–H and O–H groups in total. The van der Waals surface area contributed by atoms with Crippen molar-refractivity contribution in [1.29, 1.82) is 0 Å². The Morgan fingerprint density at radius 1 is 1.41 bits per heavy atom. The van der Waals surface area contributed by atoms with Gasteiger partial charge in [-0.25, -0.2) is 0 Å². The minimum atomic E-state index is 0.227. The molecule has 0 saturated heterocycles. The number of halogens is 1. The Labute approximate surface area is 108 Å². The Balaban J connectivity index is 2.58. The largest absolute Gasteiger partial charge is 0.397 e. The fraction of sp³-hybridized carbons (Fsp3) is 0.538. The van der Waals surface area contributed by atoms with Crippen molar-refractivity contribution >= 4 is 23.0 Å². The van der Waals surface area contributed by atoms with E-state index in [1.807, 2.05) is 18.2 Å². The number of rotatable bonds is 7. The highest BCUT2D eigenvalue weighted by atomic mass is 35.5. The van der Waals surface area contributed by atoms with Crippen LogP contribution in [-0.4, -0.2) is 18.3 Å². The first-order valence-electron chi connectivity index (χ1n) is 6.07. The first-order valence-corrected chi connectivity index (χ1v) is 6.45. The summed E-state index contributed by atoms with van der Waals surface area (Å²) >= 11 is 6.08. The summed E-state index contributed by atoms with van der Waals surface area (Å²) in [7, 11) is 0. The zero-order chi connectivity index (χ0) is 12.7. The molecule has 1 aromatic carbocycles. The highest BCUT2D eigenvalue weighted by molar-refractivity contribution is 6.33. The van der Waals surface area contributed by atoms with Crippen LogP contribution in [0.1, 0.15) is 26.2 Å². The van der Waals surface area contributed by atoms with Crippen LogP contribution in [0.25, 0.3) is 0 Å². The van der Waals surface area contributed by atoms with Gasteiger partial charge in [0.15, 0.2) is 0 Å². The Bertz CT molecular complexity index is 318. The molecule has 0 aliphatic heterocycles. The second-order valence-corrected chi connectivity index (χ2v) is 4.66. The smallest absolute Gasteiger partial charge is 0.0763 e. The van der Waals surface area contributed by atoms with Gasteiger partial charge in [-0.1, -0.05) is 31.0 Å². The van der Waals surface area contributed by atoms with Crippen molar-refractivity contribution in [3.8, 4) is 0 Å². The zero-order valence-electron chi connectivity index (χ0n) is 10.2. The summed E-state index contributed by atoms with van der Waals surface area (Å²) in [5.41, 5.74) is 7.32. The molecule has 0 heterocycles. The van der Waals surface area contributed by atoms with E-state index in [2.05, 4.69) is 12.2 Å². The maximum atomic E-state index is 8.99. The van der Waals surface area contributed by atoms with Crippen LogP contribution in [0.3, 0.4) is 0 Å². The highest BCUT2D eigenvalue weighted by Crippen LogP contribution is 2.28. The van der Waals surface area contributed by atoms with Gasteiger partial charge in [0.2, 0.25) is 0 Å². The summed E-state index contributed by atoms with van der Waals surface area (Å²) < 4.78 is 0. The first kappa shape index (κ1) is 14.1. The molecule has 0 spiro atoms. The summed E-state index contributed by atoms with van der Waals surface area (Å²) in [6, 6.07) is 5.48. The molecule has 0 aromatic heterocycles. The summed E-state index contributed by atoms with van der Waals surface area (Å²) in [5.74, 6) is 0.459. The lowest BCUT2D eigenvalue weighted by Crippen LogP contribution is -2.16. The van der Waals surface area contributed by atoms with Crippen molar-refractivity contribution < 1.29 is 5.11 Å². The normalized spacial score (nSPS) is 12.4. The average Bonchev–Trinajstić information content (AvgIpc) is 2.29. The molecule has 4 heteroatoms. The van der Waals surface area contributed by atoms with Crippen LogP contribution in [-0.2, 0) is 0 Å². The van der Waals surface area contributed by atoms with Gasteiger partial charge in [-0.05, 0) is 30.9 Å². The highest BCUT2D eigenvalue weighted by Gasteiger charge is 2.09. The minimum Gasteiger partial charge on any atom is -0.397 e.